The average Bonchev–Trinajstić information content (AvgIpc) is 2.92. The van der Waals surface area contributed by atoms with E-state index >= 15 is 0 Å². The van der Waals surface area contributed by atoms with Crippen molar-refractivity contribution in [3.05, 3.63) is 29.7 Å². The zero-order valence-electron chi connectivity index (χ0n) is 10.3. The van der Waals surface area contributed by atoms with Gasteiger partial charge in [0.05, 0.1) is 12.2 Å². The highest BCUT2D eigenvalue weighted by atomic mass is 16.5. The molecule has 0 atom stereocenters. The van der Waals surface area contributed by atoms with E-state index in [1.165, 1.54) is 0 Å². The van der Waals surface area contributed by atoms with Crippen LogP contribution in [0.1, 0.15) is 29.1 Å². The molecule has 2 heterocycles. The molecule has 0 aliphatic rings. The Morgan fingerprint density at radius 2 is 2.39 bits per heavy atom. The molecule has 0 aromatic carbocycles. The van der Waals surface area contributed by atoms with Gasteiger partial charge in [0.1, 0.15) is 5.69 Å². The van der Waals surface area contributed by atoms with Gasteiger partial charge in [-0.15, -0.1) is 0 Å². The predicted molar refractivity (Wildman–Crippen MR) is 64.7 cm³/mol. The van der Waals surface area contributed by atoms with E-state index in [0.717, 1.165) is 0 Å². The summed E-state index contributed by atoms with van der Waals surface area (Å²) in [6.07, 6.45) is 1.73. The maximum Gasteiger partial charge on any atom is 0.268 e. The van der Waals surface area contributed by atoms with Crippen LogP contribution in [0, 0.1) is 6.92 Å². The molecule has 1 amide bonds. The molecule has 2 aromatic rings. The highest BCUT2D eigenvalue weighted by molar-refractivity contribution is 5.93. The molecule has 0 aliphatic carbocycles. The molecule has 96 valence electrons. The third-order valence-electron chi connectivity index (χ3n) is 2.47. The fourth-order valence-electron chi connectivity index (χ4n) is 1.65. The molecular formula is C11H15N5O2. The number of nitrogens with one attached hydrogen (secondary N) is 1. The Labute approximate surface area is 104 Å². The quantitative estimate of drug-likeness (QED) is 0.831. The van der Waals surface area contributed by atoms with Crippen molar-refractivity contribution in [2.75, 3.05) is 5.73 Å². The summed E-state index contributed by atoms with van der Waals surface area (Å²) < 4.78 is 6.60. The number of carbonyl (C=O) groups is 1. The molecule has 0 spiro atoms. The normalized spacial score (nSPS) is 10.6. The molecule has 3 N–H and O–H groups in total. The Morgan fingerprint density at radius 3 is 3.00 bits per heavy atom. The fourth-order valence-corrected chi connectivity index (χ4v) is 1.65. The average molecular weight is 249 g/mol. The first-order valence-electron chi connectivity index (χ1n) is 5.63. The molecule has 0 aliphatic heterocycles. The molecular weight excluding hydrogens is 234 g/mol. The summed E-state index contributed by atoms with van der Waals surface area (Å²) >= 11 is 0. The van der Waals surface area contributed by atoms with Crippen LogP contribution in [0.2, 0.25) is 0 Å². The van der Waals surface area contributed by atoms with Crippen LogP contribution in [0.15, 0.2) is 16.8 Å². The van der Waals surface area contributed by atoms with Gasteiger partial charge in [-0.1, -0.05) is 5.16 Å². The minimum atomic E-state index is -0.212. The molecule has 2 aromatic heterocycles. The summed E-state index contributed by atoms with van der Waals surface area (Å²) in [6.45, 7) is 4.55. The third-order valence-corrected chi connectivity index (χ3v) is 2.47. The Hall–Kier alpha value is -2.31. The lowest BCUT2D eigenvalue weighted by Crippen LogP contribution is -2.25. The van der Waals surface area contributed by atoms with Crippen molar-refractivity contribution < 1.29 is 9.32 Å². The second-order valence-electron chi connectivity index (χ2n) is 3.86. The molecule has 7 heteroatoms. The first-order valence-corrected chi connectivity index (χ1v) is 5.63. The van der Waals surface area contributed by atoms with Crippen molar-refractivity contribution in [1.82, 2.24) is 20.0 Å². The number of nitrogens with two attached hydrogens (primary N) is 1. The van der Waals surface area contributed by atoms with Crippen molar-refractivity contribution in [3.63, 3.8) is 0 Å². The van der Waals surface area contributed by atoms with Crippen LogP contribution in [0.3, 0.4) is 0 Å². The van der Waals surface area contributed by atoms with Crippen molar-refractivity contribution >= 4 is 11.6 Å². The molecule has 0 fully saturated rings. The molecule has 0 radical (unpaired) electrons. The van der Waals surface area contributed by atoms with E-state index < -0.39 is 0 Å². The lowest BCUT2D eigenvalue weighted by atomic mass is 10.3. The standard InChI is InChI=1S/C11H15N5O2/c1-3-16-6-8(12)4-9(16)11(17)13-5-10-14-7(2)18-15-10/h4,6H,3,5,12H2,1-2H3,(H,13,17). The second-order valence-corrected chi connectivity index (χ2v) is 3.86. The van der Waals surface area contributed by atoms with Crippen LogP contribution in [-0.2, 0) is 13.1 Å². The molecule has 0 saturated heterocycles. The zero-order chi connectivity index (χ0) is 13.1. The Balaban J connectivity index is 2.03. The van der Waals surface area contributed by atoms with E-state index in [0.29, 0.717) is 29.6 Å². The van der Waals surface area contributed by atoms with Gasteiger partial charge in [0.15, 0.2) is 5.82 Å². The van der Waals surface area contributed by atoms with E-state index in [9.17, 15) is 4.79 Å². The van der Waals surface area contributed by atoms with Gasteiger partial charge in [-0.05, 0) is 13.0 Å². The fraction of sp³-hybridized carbons (Fsp3) is 0.364. The molecule has 2 rings (SSSR count). The Morgan fingerprint density at radius 1 is 1.61 bits per heavy atom. The molecule has 0 saturated carbocycles. The summed E-state index contributed by atoms with van der Waals surface area (Å²) in [5.41, 5.74) is 6.75. The van der Waals surface area contributed by atoms with E-state index in [1.54, 1.807) is 23.8 Å². The lowest BCUT2D eigenvalue weighted by Gasteiger charge is -2.05. The van der Waals surface area contributed by atoms with Gasteiger partial charge in [0.25, 0.3) is 5.91 Å². The van der Waals surface area contributed by atoms with E-state index in [-0.39, 0.29) is 12.5 Å². The summed E-state index contributed by atoms with van der Waals surface area (Å²) in [7, 11) is 0. The monoisotopic (exact) mass is 249 g/mol. The molecule has 18 heavy (non-hydrogen) atoms. The van der Waals surface area contributed by atoms with Crippen LogP contribution < -0.4 is 11.1 Å². The number of amides is 1. The van der Waals surface area contributed by atoms with Crippen LogP contribution in [-0.4, -0.2) is 20.6 Å². The molecule has 0 unspecified atom stereocenters. The topological polar surface area (TPSA) is 99.0 Å². The first-order chi connectivity index (χ1) is 8.60. The number of aryl methyl sites for hydroxylation is 2. The summed E-state index contributed by atoms with van der Waals surface area (Å²) in [4.78, 5) is 15.9. The van der Waals surface area contributed by atoms with Gasteiger partial charge >= 0.3 is 0 Å². The maximum absolute atomic E-state index is 11.9. The van der Waals surface area contributed by atoms with Crippen LogP contribution in [0.25, 0.3) is 0 Å². The number of nitrogens with zero attached hydrogens (tertiary/aromatic N) is 3. The SMILES string of the molecule is CCn1cc(N)cc1C(=O)NCc1noc(C)n1. The number of carbonyl (C=O) groups excluding carboxylic acids is 1. The van der Waals surface area contributed by atoms with Crippen LogP contribution >= 0.6 is 0 Å². The van der Waals surface area contributed by atoms with E-state index in [2.05, 4.69) is 15.5 Å². The minimum absolute atomic E-state index is 0.212. The van der Waals surface area contributed by atoms with Crippen molar-refractivity contribution in [2.45, 2.75) is 26.9 Å². The Bertz CT molecular complexity index is 558. The van der Waals surface area contributed by atoms with Gasteiger partial charge in [0.2, 0.25) is 5.89 Å². The van der Waals surface area contributed by atoms with Gasteiger partial charge < -0.3 is 20.1 Å². The van der Waals surface area contributed by atoms with E-state index in [4.69, 9.17) is 10.3 Å². The predicted octanol–water partition coefficient (Wildman–Crippen LogP) is 0.712. The Kier molecular flexibility index (Phi) is 3.31. The number of hydrogen-bond donors (Lipinski definition) is 2. The number of anilines is 1. The van der Waals surface area contributed by atoms with Gasteiger partial charge in [-0.3, -0.25) is 4.79 Å². The van der Waals surface area contributed by atoms with Crippen molar-refractivity contribution in [1.29, 1.82) is 0 Å². The first kappa shape index (κ1) is 12.2. The van der Waals surface area contributed by atoms with E-state index in [1.807, 2.05) is 6.92 Å². The highest BCUT2D eigenvalue weighted by Gasteiger charge is 2.12. The van der Waals surface area contributed by atoms with Crippen molar-refractivity contribution in [2.24, 2.45) is 0 Å². The lowest BCUT2D eigenvalue weighted by molar-refractivity contribution is 0.0940. The number of hydrogen-bond acceptors (Lipinski definition) is 5. The van der Waals surface area contributed by atoms with Crippen LogP contribution in [0.5, 0.6) is 0 Å². The summed E-state index contributed by atoms with van der Waals surface area (Å²) in [5.74, 6) is 0.708. The van der Waals surface area contributed by atoms with Gasteiger partial charge in [-0.2, -0.15) is 4.98 Å². The maximum atomic E-state index is 11.9. The smallest absolute Gasteiger partial charge is 0.268 e. The van der Waals surface area contributed by atoms with Gasteiger partial charge in [0, 0.05) is 19.7 Å². The third kappa shape index (κ3) is 2.50. The molecule has 7 nitrogen and oxygen atoms in total. The highest BCUT2D eigenvalue weighted by Crippen LogP contribution is 2.10. The summed E-state index contributed by atoms with van der Waals surface area (Å²) in [6, 6.07) is 1.64. The van der Waals surface area contributed by atoms with Gasteiger partial charge in [-0.25, -0.2) is 0 Å². The van der Waals surface area contributed by atoms with Crippen molar-refractivity contribution in [3.8, 4) is 0 Å². The zero-order valence-corrected chi connectivity index (χ0v) is 10.3. The number of aromatic nitrogens is 3. The largest absolute Gasteiger partial charge is 0.397 e. The van der Waals surface area contributed by atoms with Crippen LogP contribution in [0.4, 0.5) is 5.69 Å². The molecule has 0 bridgehead atoms. The second kappa shape index (κ2) is 4.91. The minimum Gasteiger partial charge on any atom is -0.397 e. The number of nitrogen functional groups attached to an aromatic ring is 1. The number of rotatable bonds is 4. The summed E-state index contributed by atoms with van der Waals surface area (Å²) in [5, 5.41) is 6.41.